The molecule has 5 heteroatoms. The molecule has 1 saturated heterocycles. The third-order valence-corrected chi connectivity index (χ3v) is 2.34. The fourth-order valence-corrected chi connectivity index (χ4v) is 1.55. The summed E-state index contributed by atoms with van der Waals surface area (Å²) in [5.41, 5.74) is 12.3. The molecule has 5 nitrogen and oxygen atoms in total. The lowest BCUT2D eigenvalue weighted by Crippen LogP contribution is -2.50. The zero-order chi connectivity index (χ0) is 10.8. The lowest BCUT2D eigenvalue weighted by molar-refractivity contribution is 0.142. The number of hydrogen-bond donors (Lipinski definition) is 3. The number of anilines is 1. The molecule has 0 atom stereocenters. The second-order valence-electron chi connectivity index (χ2n) is 3.61. The average Bonchev–Trinajstić information content (AvgIpc) is 2.14. The monoisotopic (exact) mass is 206 g/mol. The van der Waals surface area contributed by atoms with Crippen LogP contribution in [0.1, 0.15) is 0 Å². The Balaban J connectivity index is 2.07. The Morgan fingerprint density at radius 3 is 2.33 bits per heavy atom. The smallest absolute Gasteiger partial charge is 0.191 e. The molecule has 2 rings (SSSR count). The highest BCUT2D eigenvalue weighted by atomic mass is 16.3. The van der Waals surface area contributed by atoms with Gasteiger partial charge in [0.25, 0.3) is 0 Å². The van der Waals surface area contributed by atoms with E-state index in [1.807, 2.05) is 24.3 Å². The first-order valence-electron chi connectivity index (χ1n) is 4.78. The topological polar surface area (TPSA) is 87.9 Å². The predicted molar refractivity (Wildman–Crippen MR) is 60.1 cm³/mol. The standard InChI is InChI=1S/C10H14N4O/c11-10(12)13-7-1-3-8(4-2-7)14-5-9(15)6-14/h1-4,9,15H,5-6H2,(H4,11,12,13). The van der Waals surface area contributed by atoms with Gasteiger partial charge in [0.15, 0.2) is 5.96 Å². The Labute approximate surface area is 88.0 Å². The Kier molecular flexibility index (Phi) is 2.47. The van der Waals surface area contributed by atoms with E-state index < -0.39 is 0 Å². The molecule has 80 valence electrons. The van der Waals surface area contributed by atoms with E-state index in [4.69, 9.17) is 16.6 Å². The van der Waals surface area contributed by atoms with Crippen molar-refractivity contribution in [2.75, 3.05) is 18.0 Å². The van der Waals surface area contributed by atoms with Crippen LogP contribution in [-0.2, 0) is 0 Å². The van der Waals surface area contributed by atoms with Gasteiger partial charge in [0.05, 0.1) is 11.8 Å². The quantitative estimate of drug-likeness (QED) is 0.461. The molecule has 15 heavy (non-hydrogen) atoms. The lowest BCUT2D eigenvalue weighted by atomic mass is 10.1. The van der Waals surface area contributed by atoms with Gasteiger partial charge in [-0.05, 0) is 24.3 Å². The summed E-state index contributed by atoms with van der Waals surface area (Å²) in [6.07, 6.45) is -0.192. The number of aliphatic hydroxyl groups is 1. The van der Waals surface area contributed by atoms with Gasteiger partial charge in [-0.25, -0.2) is 4.99 Å². The minimum atomic E-state index is -0.192. The normalized spacial score (nSPS) is 15.9. The molecule has 1 aliphatic heterocycles. The Bertz CT molecular complexity index is 364. The Morgan fingerprint density at radius 1 is 1.27 bits per heavy atom. The van der Waals surface area contributed by atoms with Crippen molar-refractivity contribution in [2.24, 2.45) is 16.5 Å². The predicted octanol–water partition coefficient (Wildman–Crippen LogP) is -0.228. The van der Waals surface area contributed by atoms with Gasteiger partial charge < -0.3 is 21.5 Å². The molecule has 0 unspecified atom stereocenters. The zero-order valence-corrected chi connectivity index (χ0v) is 8.30. The molecule has 1 aromatic rings. The van der Waals surface area contributed by atoms with Crippen molar-refractivity contribution in [1.82, 2.24) is 0 Å². The summed E-state index contributed by atoms with van der Waals surface area (Å²) in [5, 5.41) is 9.16. The molecule has 0 aromatic heterocycles. The summed E-state index contributed by atoms with van der Waals surface area (Å²) in [6, 6.07) is 7.57. The van der Waals surface area contributed by atoms with Crippen molar-refractivity contribution in [3.8, 4) is 0 Å². The summed E-state index contributed by atoms with van der Waals surface area (Å²) >= 11 is 0. The van der Waals surface area contributed by atoms with Crippen molar-refractivity contribution in [3.05, 3.63) is 24.3 Å². The van der Waals surface area contributed by atoms with Gasteiger partial charge in [0, 0.05) is 18.8 Å². The van der Waals surface area contributed by atoms with Crippen molar-refractivity contribution >= 4 is 17.3 Å². The highest BCUT2D eigenvalue weighted by Crippen LogP contribution is 2.23. The molecule has 1 aromatic carbocycles. The van der Waals surface area contributed by atoms with Crippen LogP contribution in [0.4, 0.5) is 11.4 Å². The number of aliphatic imine (C=N–C) groups is 1. The number of aliphatic hydroxyl groups excluding tert-OH is 1. The van der Waals surface area contributed by atoms with Crippen LogP contribution in [0.15, 0.2) is 29.3 Å². The second kappa shape index (κ2) is 3.78. The fraction of sp³-hybridized carbons (Fsp3) is 0.300. The minimum Gasteiger partial charge on any atom is -0.389 e. The van der Waals surface area contributed by atoms with E-state index in [0.717, 1.165) is 11.4 Å². The maximum atomic E-state index is 9.16. The third kappa shape index (κ3) is 2.19. The summed E-state index contributed by atoms with van der Waals surface area (Å²) in [7, 11) is 0. The molecule has 1 fully saturated rings. The van der Waals surface area contributed by atoms with Crippen molar-refractivity contribution < 1.29 is 5.11 Å². The van der Waals surface area contributed by atoms with Gasteiger partial charge in [-0.1, -0.05) is 0 Å². The lowest BCUT2D eigenvalue weighted by Gasteiger charge is -2.37. The number of rotatable bonds is 2. The first-order chi connectivity index (χ1) is 7.15. The summed E-state index contributed by atoms with van der Waals surface area (Å²) in [6.45, 7) is 1.39. The van der Waals surface area contributed by atoms with E-state index in [1.165, 1.54) is 0 Å². The van der Waals surface area contributed by atoms with Crippen molar-refractivity contribution in [2.45, 2.75) is 6.10 Å². The average molecular weight is 206 g/mol. The molecular formula is C10H14N4O. The Morgan fingerprint density at radius 2 is 1.87 bits per heavy atom. The molecule has 0 saturated carbocycles. The number of nitrogens with zero attached hydrogens (tertiary/aromatic N) is 2. The molecule has 5 N–H and O–H groups in total. The van der Waals surface area contributed by atoms with E-state index >= 15 is 0 Å². The zero-order valence-electron chi connectivity index (χ0n) is 8.30. The summed E-state index contributed by atoms with van der Waals surface area (Å²) in [4.78, 5) is 6.01. The van der Waals surface area contributed by atoms with Crippen LogP contribution in [0.25, 0.3) is 0 Å². The molecule has 0 radical (unpaired) electrons. The number of hydrogen-bond acceptors (Lipinski definition) is 3. The number of nitrogens with two attached hydrogens (primary N) is 2. The number of benzene rings is 1. The van der Waals surface area contributed by atoms with E-state index in [-0.39, 0.29) is 12.1 Å². The Hall–Kier alpha value is -1.75. The second-order valence-corrected chi connectivity index (χ2v) is 3.61. The van der Waals surface area contributed by atoms with Gasteiger partial charge >= 0.3 is 0 Å². The third-order valence-electron chi connectivity index (χ3n) is 2.34. The molecule has 1 heterocycles. The van der Waals surface area contributed by atoms with Crippen LogP contribution >= 0.6 is 0 Å². The first-order valence-corrected chi connectivity index (χ1v) is 4.78. The van der Waals surface area contributed by atoms with Crippen molar-refractivity contribution in [3.63, 3.8) is 0 Å². The highest BCUT2D eigenvalue weighted by molar-refractivity contribution is 5.79. The van der Waals surface area contributed by atoms with Crippen LogP contribution in [0.5, 0.6) is 0 Å². The summed E-state index contributed by atoms with van der Waals surface area (Å²) in [5.74, 6) is 0.0575. The fourth-order valence-electron chi connectivity index (χ4n) is 1.55. The molecule has 0 spiro atoms. The van der Waals surface area contributed by atoms with E-state index in [2.05, 4.69) is 9.89 Å². The van der Waals surface area contributed by atoms with E-state index in [0.29, 0.717) is 13.1 Å². The van der Waals surface area contributed by atoms with Crippen LogP contribution in [0, 0.1) is 0 Å². The van der Waals surface area contributed by atoms with Gasteiger partial charge in [-0.15, -0.1) is 0 Å². The molecular weight excluding hydrogens is 192 g/mol. The maximum absolute atomic E-state index is 9.16. The van der Waals surface area contributed by atoms with Crippen LogP contribution in [0.3, 0.4) is 0 Å². The molecule has 0 bridgehead atoms. The van der Waals surface area contributed by atoms with Gasteiger partial charge in [0.2, 0.25) is 0 Å². The van der Waals surface area contributed by atoms with E-state index in [9.17, 15) is 0 Å². The van der Waals surface area contributed by atoms with Gasteiger partial charge in [-0.3, -0.25) is 0 Å². The SMILES string of the molecule is NC(N)=Nc1ccc(N2CC(O)C2)cc1. The van der Waals surface area contributed by atoms with Gasteiger partial charge in [0.1, 0.15) is 0 Å². The number of guanidine groups is 1. The van der Waals surface area contributed by atoms with Crippen LogP contribution < -0.4 is 16.4 Å². The molecule has 0 aliphatic carbocycles. The molecule has 1 aliphatic rings. The first kappa shape index (κ1) is 9.79. The highest BCUT2D eigenvalue weighted by Gasteiger charge is 2.23. The maximum Gasteiger partial charge on any atom is 0.191 e. The van der Waals surface area contributed by atoms with Gasteiger partial charge in [-0.2, -0.15) is 0 Å². The largest absolute Gasteiger partial charge is 0.389 e. The summed E-state index contributed by atoms with van der Waals surface area (Å²) < 4.78 is 0. The number of β-amino-alcohol motifs (C(OH)–C–C–N with tert-alkyl or cyclic N) is 1. The van der Waals surface area contributed by atoms with Crippen LogP contribution in [0.2, 0.25) is 0 Å². The minimum absolute atomic E-state index is 0.0575. The van der Waals surface area contributed by atoms with Crippen molar-refractivity contribution in [1.29, 1.82) is 0 Å². The molecule has 0 amide bonds. The van der Waals surface area contributed by atoms with Crippen LogP contribution in [-0.4, -0.2) is 30.3 Å². The van der Waals surface area contributed by atoms with E-state index in [1.54, 1.807) is 0 Å².